The fourth-order valence-electron chi connectivity index (χ4n) is 3.10. The third-order valence-electron chi connectivity index (χ3n) is 4.47. The van der Waals surface area contributed by atoms with Gasteiger partial charge in [-0.05, 0) is 56.3 Å². The summed E-state index contributed by atoms with van der Waals surface area (Å²) in [5.74, 6) is 4.51. The minimum Gasteiger partial charge on any atom is -0.464 e. The summed E-state index contributed by atoms with van der Waals surface area (Å²) in [5, 5.41) is 0. The molecule has 3 atom stereocenters. The van der Waals surface area contributed by atoms with E-state index in [1.165, 1.54) is 31.6 Å². The maximum absolute atomic E-state index is 5.98. The van der Waals surface area contributed by atoms with Crippen LogP contribution in [0, 0.1) is 11.8 Å². The molecule has 1 aromatic heterocycles. The zero-order valence-corrected chi connectivity index (χ0v) is 11.3. The van der Waals surface area contributed by atoms with Crippen LogP contribution in [0.2, 0.25) is 0 Å². The highest BCUT2D eigenvalue weighted by atomic mass is 16.3. The standard InChI is InChI=1S/C15H24N2O/c1-11-7-14(11)15-5-4-13(18-15)10-17-6-2-3-12(8-16)9-17/h4-5,11-12,14H,2-3,6-10,16H2,1H3. The highest BCUT2D eigenvalue weighted by Gasteiger charge is 2.36. The highest BCUT2D eigenvalue weighted by molar-refractivity contribution is 5.17. The number of nitrogens with two attached hydrogens (primary N) is 1. The molecule has 3 nitrogen and oxygen atoms in total. The second-order valence-corrected chi connectivity index (χ2v) is 6.10. The molecule has 100 valence electrons. The molecule has 3 rings (SSSR count). The predicted molar refractivity (Wildman–Crippen MR) is 72.3 cm³/mol. The number of furan rings is 1. The average molecular weight is 248 g/mol. The molecule has 0 aromatic carbocycles. The summed E-state index contributed by atoms with van der Waals surface area (Å²) < 4.78 is 5.98. The molecular weight excluding hydrogens is 224 g/mol. The van der Waals surface area contributed by atoms with Gasteiger partial charge in [0.1, 0.15) is 11.5 Å². The van der Waals surface area contributed by atoms with E-state index in [4.69, 9.17) is 10.2 Å². The summed E-state index contributed by atoms with van der Waals surface area (Å²) >= 11 is 0. The Morgan fingerprint density at radius 1 is 1.44 bits per heavy atom. The number of hydrogen-bond acceptors (Lipinski definition) is 3. The first-order chi connectivity index (χ1) is 8.76. The molecular formula is C15H24N2O. The summed E-state index contributed by atoms with van der Waals surface area (Å²) in [6, 6.07) is 4.33. The van der Waals surface area contributed by atoms with E-state index >= 15 is 0 Å². The molecule has 18 heavy (non-hydrogen) atoms. The zero-order valence-electron chi connectivity index (χ0n) is 11.3. The van der Waals surface area contributed by atoms with E-state index in [0.717, 1.165) is 31.3 Å². The van der Waals surface area contributed by atoms with Gasteiger partial charge in [0.25, 0.3) is 0 Å². The van der Waals surface area contributed by atoms with Gasteiger partial charge in [0, 0.05) is 12.5 Å². The number of rotatable bonds is 4. The molecule has 3 heteroatoms. The topological polar surface area (TPSA) is 42.4 Å². The van der Waals surface area contributed by atoms with Crippen LogP contribution in [0.3, 0.4) is 0 Å². The second kappa shape index (κ2) is 5.06. The van der Waals surface area contributed by atoms with Gasteiger partial charge in [0.15, 0.2) is 0 Å². The van der Waals surface area contributed by atoms with E-state index in [-0.39, 0.29) is 0 Å². The third-order valence-corrected chi connectivity index (χ3v) is 4.47. The van der Waals surface area contributed by atoms with E-state index in [0.29, 0.717) is 11.8 Å². The monoisotopic (exact) mass is 248 g/mol. The lowest BCUT2D eigenvalue weighted by Gasteiger charge is -2.31. The molecule has 2 fully saturated rings. The van der Waals surface area contributed by atoms with E-state index in [1.807, 2.05) is 0 Å². The normalized spacial score (nSPS) is 32.7. The van der Waals surface area contributed by atoms with Gasteiger partial charge in [-0.15, -0.1) is 0 Å². The van der Waals surface area contributed by atoms with Crippen LogP contribution in [-0.2, 0) is 6.54 Å². The fraction of sp³-hybridized carbons (Fsp3) is 0.733. The Balaban J connectivity index is 1.57. The highest BCUT2D eigenvalue weighted by Crippen LogP contribution is 2.47. The largest absolute Gasteiger partial charge is 0.464 e. The van der Waals surface area contributed by atoms with Crippen LogP contribution < -0.4 is 5.73 Å². The minimum absolute atomic E-state index is 0.677. The molecule has 0 bridgehead atoms. The van der Waals surface area contributed by atoms with Crippen molar-refractivity contribution in [2.45, 2.75) is 38.6 Å². The Kier molecular flexibility index (Phi) is 3.44. The zero-order chi connectivity index (χ0) is 12.5. The van der Waals surface area contributed by atoms with Crippen molar-refractivity contribution in [3.8, 4) is 0 Å². The minimum atomic E-state index is 0.677. The lowest BCUT2D eigenvalue weighted by atomic mass is 9.98. The first-order valence-corrected chi connectivity index (χ1v) is 7.27. The first kappa shape index (κ1) is 12.2. The van der Waals surface area contributed by atoms with Gasteiger partial charge < -0.3 is 10.2 Å². The Labute approximate surface area is 109 Å². The summed E-state index contributed by atoms with van der Waals surface area (Å²) in [7, 11) is 0. The molecule has 0 amide bonds. The van der Waals surface area contributed by atoms with Crippen LogP contribution >= 0.6 is 0 Å². The average Bonchev–Trinajstić information content (AvgIpc) is 2.94. The molecule has 1 saturated carbocycles. The van der Waals surface area contributed by atoms with Crippen LogP contribution in [-0.4, -0.2) is 24.5 Å². The third kappa shape index (κ3) is 2.62. The van der Waals surface area contributed by atoms with Crippen molar-refractivity contribution in [2.24, 2.45) is 17.6 Å². The Hall–Kier alpha value is -0.800. The summed E-state index contributed by atoms with van der Waals surface area (Å²) in [6.07, 6.45) is 3.86. The van der Waals surface area contributed by atoms with Crippen molar-refractivity contribution in [1.29, 1.82) is 0 Å². The molecule has 1 aliphatic carbocycles. The fourth-order valence-corrected chi connectivity index (χ4v) is 3.10. The van der Waals surface area contributed by atoms with Gasteiger partial charge in [-0.2, -0.15) is 0 Å². The molecule has 2 N–H and O–H groups in total. The van der Waals surface area contributed by atoms with Gasteiger partial charge in [-0.1, -0.05) is 6.92 Å². The van der Waals surface area contributed by atoms with Crippen molar-refractivity contribution >= 4 is 0 Å². The van der Waals surface area contributed by atoms with Crippen LogP contribution in [0.1, 0.15) is 43.6 Å². The first-order valence-electron chi connectivity index (χ1n) is 7.27. The molecule has 1 saturated heterocycles. The van der Waals surface area contributed by atoms with Crippen molar-refractivity contribution in [1.82, 2.24) is 4.90 Å². The van der Waals surface area contributed by atoms with Crippen molar-refractivity contribution in [3.05, 3.63) is 23.7 Å². The summed E-state index contributed by atoms with van der Waals surface area (Å²) in [6.45, 7) is 6.39. The van der Waals surface area contributed by atoms with E-state index in [2.05, 4.69) is 24.0 Å². The summed E-state index contributed by atoms with van der Waals surface area (Å²) in [4.78, 5) is 2.49. The summed E-state index contributed by atoms with van der Waals surface area (Å²) in [5.41, 5.74) is 5.78. The number of hydrogen-bond donors (Lipinski definition) is 1. The Bertz CT molecular complexity index is 401. The van der Waals surface area contributed by atoms with Gasteiger partial charge in [-0.3, -0.25) is 4.90 Å². The maximum Gasteiger partial charge on any atom is 0.118 e. The van der Waals surface area contributed by atoms with Crippen LogP contribution in [0.4, 0.5) is 0 Å². The molecule has 1 aromatic rings. The molecule has 2 heterocycles. The predicted octanol–water partition coefficient (Wildman–Crippen LogP) is 2.57. The number of piperidine rings is 1. The molecule has 0 radical (unpaired) electrons. The van der Waals surface area contributed by atoms with E-state index < -0.39 is 0 Å². The van der Waals surface area contributed by atoms with Gasteiger partial charge >= 0.3 is 0 Å². The SMILES string of the molecule is CC1CC1c1ccc(CN2CCCC(CN)C2)o1. The Morgan fingerprint density at radius 3 is 3.00 bits per heavy atom. The van der Waals surface area contributed by atoms with E-state index in [9.17, 15) is 0 Å². The quantitative estimate of drug-likeness (QED) is 0.890. The Morgan fingerprint density at radius 2 is 2.28 bits per heavy atom. The molecule has 2 aliphatic rings. The van der Waals surface area contributed by atoms with Crippen molar-refractivity contribution in [2.75, 3.05) is 19.6 Å². The van der Waals surface area contributed by atoms with E-state index in [1.54, 1.807) is 0 Å². The van der Waals surface area contributed by atoms with Crippen LogP contribution in [0.25, 0.3) is 0 Å². The lowest BCUT2D eigenvalue weighted by Crippen LogP contribution is -2.37. The van der Waals surface area contributed by atoms with Crippen LogP contribution in [0.15, 0.2) is 16.5 Å². The van der Waals surface area contributed by atoms with Gasteiger partial charge in [0.2, 0.25) is 0 Å². The van der Waals surface area contributed by atoms with Gasteiger partial charge in [-0.25, -0.2) is 0 Å². The van der Waals surface area contributed by atoms with Crippen molar-refractivity contribution in [3.63, 3.8) is 0 Å². The van der Waals surface area contributed by atoms with Crippen LogP contribution in [0.5, 0.6) is 0 Å². The van der Waals surface area contributed by atoms with Gasteiger partial charge in [0.05, 0.1) is 6.54 Å². The number of likely N-dealkylation sites (tertiary alicyclic amines) is 1. The molecule has 1 aliphatic heterocycles. The maximum atomic E-state index is 5.98. The smallest absolute Gasteiger partial charge is 0.118 e. The lowest BCUT2D eigenvalue weighted by molar-refractivity contribution is 0.159. The van der Waals surface area contributed by atoms with Crippen molar-refractivity contribution < 1.29 is 4.42 Å². The second-order valence-electron chi connectivity index (χ2n) is 6.10. The molecule has 3 unspecified atom stereocenters. The molecule has 0 spiro atoms. The number of nitrogens with zero attached hydrogens (tertiary/aromatic N) is 1.